The van der Waals surface area contributed by atoms with Crippen molar-refractivity contribution in [3.8, 4) is 5.75 Å². The largest absolute Gasteiger partial charge is 0.497 e. The Labute approximate surface area is 144 Å². The number of benzene rings is 2. The van der Waals surface area contributed by atoms with Crippen LogP contribution in [0.2, 0.25) is 5.02 Å². The molecule has 5 nitrogen and oxygen atoms in total. The van der Waals surface area contributed by atoms with Gasteiger partial charge >= 0.3 is 0 Å². The Morgan fingerprint density at radius 3 is 2.58 bits per heavy atom. The van der Waals surface area contributed by atoms with Crippen molar-refractivity contribution in [1.29, 1.82) is 0 Å². The summed E-state index contributed by atoms with van der Waals surface area (Å²) in [6.45, 7) is 2.36. The quantitative estimate of drug-likeness (QED) is 0.563. The number of methoxy groups -OCH3 is 1. The predicted octanol–water partition coefficient (Wildman–Crippen LogP) is 3.26. The molecule has 0 amide bonds. The molecule has 24 heavy (non-hydrogen) atoms. The molecule has 0 saturated heterocycles. The smallest absolute Gasteiger partial charge is 0.262 e. The second-order valence-electron chi connectivity index (χ2n) is 5.48. The molecular formula is C18H18ClN3O2. The average Bonchev–Trinajstić information content (AvgIpc) is 2.86. The normalized spacial score (nSPS) is 11.0. The fraction of sp³-hybridized carbons (Fsp3) is 0.167. The highest BCUT2D eigenvalue weighted by molar-refractivity contribution is 6.30. The molecule has 0 aliphatic rings. The Morgan fingerprint density at radius 2 is 1.96 bits per heavy atom. The van der Waals surface area contributed by atoms with Gasteiger partial charge in [0.25, 0.3) is 5.91 Å². The summed E-state index contributed by atoms with van der Waals surface area (Å²) in [7, 11) is 1.62. The van der Waals surface area contributed by atoms with E-state index in [0.29, 0.717) is 17.1 Å². The first kappa shape index (κ1) is 16.5. The molecule has 3 rings (SSSR count). The fourth-order valence-corrected chi connectivity index (χ4v) is 3.02. The van der Waals surface area contributed by atoms with Gasteiger partial charge in [-0.3, -0.25) is 20.6 Å². The summed E-state index contributed by atoms with van der Waals surface area (Å²) in [5.74, 6) is 6.14. The van der Waals surface area contributed by atoms with Gasteiger partial charge < -0.3 is 4.74 Å². The maximum absolute atomic E-state index is 13.0. The van der Waals surface area contributed by atoms with Crippen molar-refractivity contribution in [1.82, 2.24) is 9.99 Å². The minimum atomic E-state index is -0.109. The van der Waals surface area contributed by atoms with Gasteiger partial charge in [-0.15, -0.1) is 0 Å². The van der Waals surface area contributed by atoms with Gasteiger partial charge in [0.15, 0.2) is 0 Å². The molecule has 0 radical (unpaired) electrons. The SMILES string of the molecule is COc1ccc2c(c1)c(CNN)c(C)n2C(=O)c1ccc(Cl)cc1. The molecule has 2 aromatic carbocycles. The molecule has 0 aliphatic carbocycles. The summed E-state index contributed by atoms with van der Waals surface area (Å²) < 4.78 is 7.00. The zero-order valence-electron chi connectivity index (χ0n) is 13.5. The summed E-state index contributed by atoms with van der Waals surface area (Å²) in [6, 6.07) is 12.5. The summed E-state index contributed by atoms with van der Waals surface area (Å²) in [6.07, 6.45) is 0. The molecule has 1 heterocycles. The van der Waals surface area contributed by atoms with Crippen LogP contribution in [0, 0.1) is 6.92 Å². The zero-order chi connectivity index (χ0) is 17.3. The van der Waals surface area contributed by atoms with E-state index in [-0.39, 0.29) is 5.91 Å². The Hall–Kier alpha value is -2.34. The van der Waals surface area contributed by atoms with Gasteiger partial charge in [0, 0.05) is 28.2 Å². The Bertz CT molecular complexity index is 901. The van der Waals surface area contributed by atoms with Gasteiger partial charge in [-0.05, 0) is 55.0 Å². The van der Waals surface area contributed by atoms with E-state index < -0.39 is 0 Å². The minimum Gasteiger partial charge on any atom is -0.497 e. The molecule has 0 aliphatic heterocycles. The van der Waals surface area contributed by atoms with Crippen molar-refractivity contribution in [3.05, 3.63) is 64.3 Å². The molecule has 0 saturated carbocycles. The van der Waals surface area contributed by atoms with E-state index in [0.717, 1.165) is 27.9 Å². The van der Waals surface area contributed by atoms with E-state index in [1.54, 1.807) is 35.9 Å². The van der Waals surface area contributed by atoms with Gasteiger partial charge in [-0.2, -0.15) is 0 Å². The topological polar surface area (TPSA) is 69.3 Å². The number of nitrogens with zero attached hydrogens (tertiary/aromatic N) is 1. The van der Waals surface area contributed by atoms with Crippen molar-refractivity contribution < 1.29 is 9.53 Å². The molecule has 1 aromatic heterocycles. The van der Waals surface area contributed by atoms with Crippen molar-refractivity contribution in [2.24, 2.45) is 5.84 Å². The van der Waals surface area contributed by atoms with Crippen molar-refractivity contribution in [2.45, 2.75) is 13.5 Å². The molecule has 0 bridgehead atoms. The van der Waals surface area contributed by atoms with Crippen LogP contribution in [0.3, 0.4) is 0 Å². The lowest BCUT2D eigenvalue weighted by Crippen LogP contribution is -2.21. The number of nitrogens with one attached hydrogen (secondary N) is 1. The third-order valence-electron chi connectivity index (χ3n) is 4.11. The molecule has 124 valence electrons. The third-order valence-corrected chi connectivity index (χ3v) is 4.37. The van der Waals surface area contributed by atoms with E-state index in [1.807, 2.05) is 25.1 Å². The lowest BCUT2D eigenvalue weighted by molar-refractivity contribution is 0.0963. The minimum absolute atomic E-state index is 0.109. The lowest BCUT2D eigenvalue weighted by Gasteiger charge is -2.08. The fourth-order valence-electron chi connectivity index (χ4n) is 2.90. The summed E-state index contributed by atoms with van der Waals surface area (Å²) in [4.78, 5) is 13.0. The first-order valence-corrected chi connectivity index (χ1v) is 7.86. The number of halogens is 1. The first-order valence-electron chi connectivity index (χ1n) is 7.48. The van der Waals surface area contributed by atoms with Crippen LogP contribution >= 0.6 is 11.6 Å². The Morgan fingerprint density at radius 1 is 1.25 bits per heavy atom. The number of rotatable bonds is 4. The van der Waals surface area contributed by atoms with Crippen LogP contribution in [-0.4, -0.2) is 17.6 Å². The Balaban J connectivity index is 2.21. The van der Waals surface area contributed by atoms with E-state index >= 15 is 0 Å². The van der Waals surface area contributed by atoms with E-state index in [2.05, 4.69) is 5.43 Å². The molecule has 3 N–H and O–H groups in total. The van der Waals surface area contributed by atoms with Crippen molar-refractivity contribution in [2.75, 3.05) is 7.11 Å². The predicted molar refractivity (Wildman–Crippen MR) is 95.4 cm³/mol. The van der Waals surface area contributed by atoms with Crippen LogP contribution in [0.5, 0.6) is 5.75 Å². The maximum Gasteiger partial charge on any atom is 0.262 e. The number of ether oxygens (including phenoxy) is 1. The maximum atomic E-state index is 13.0. The number of carbonyl (C=O) groups is 1. The standard InChI is InChI=1S/C18H18ClN3O2/c1-11-16(10-21-20)15-9-14(24-2)7-8-17(15)22(11)18(23)12-3-5-13(19)6-4-12/h3-9,21H,10,20H2,1-2H3. The Kier molecular flexibility index (Phi) is 4.57. The third kappa shape index (κ3) is 2.78. The van der Waals surface area contributed by atoms with Crippen LogP contribution < -0.4 is 16.0 Å². The second kappa shape index (κ2) is 6.65. The molecule has 0 unspecified atom stereocenters. The van der Waals surface area contributed by atoms with Gasteiger partial charge in [0.05, 0.1) is 12.6 Å². The highest BCUT2D eigenvalue weighted by atomic mass is 35.5. The second-order valence-corrected chi connectivity index (χ2v) is 5.91. The molecule has 6 heteroatoms. The first-order chi connectivity index (χ1) is 11.6. The summed E-state index contributed by atoms with van der Waals surface area (Å²) in [5, 5.41) is 1.53. The van der Waals surface area contributed by atoms with Crippen molar-refractivity contribution in [3.63, 3.8) is 0 Å². The molecule has 0 atom stereocenters. The number of hydrogen-bond donors (Lipinski definition) is 2. The van der Waals surface area contributed by atoms with E-state index in [1.165, 1.54) is 0 Å². The number of hydrogen-bond acceptors (Lipinski definition) is 4. The monoisotopic (exact) mass is 343 g/mol. The number of fused-ring (bicyclic) bond motifs is 1. The van der Waals surface area contributed by atoms with Crippen molar-refractivity contribution >= 4 is 28.4 Å². The van der Waals surface area contributed by atoms with Crippen LogP contribution in [-0.2, 0) is 6.54 Å². The molecule has 3 aromatic rings. The number of nitrogens with two attached hydrogens (primary N) is 1. The summed E-state index contributed by atoms with van der Waals surface area (Å²) >= 11 is 5.91. The van der Waals surface area contributed by atoms with Gasteiger partial charge in [-0.25, -0.2) is 0 Å². The summed E-state index contributed by atoms with van der Waals surface area (Å²) in [5.41, 5.74) is 5.87. The number of aromatic nitrogens is 1. The number of carbonyl (C=O) groups excluding carboxylic acids is 1. The highest BCUT2D eigenvalue weighted by Crippen LogP contribution is 2.30. The van der Waals surface area contributed by atoms with Crippen LogP contribution in [0.15, 0.2) is 42.5 Å². The van der Waals surface area contributed by atoms with E-state index in [4.69, 9.17) is 22.2 Å². The van der Waals surface area contributed by atoms with Gasteiger partial charge in [-0.1, -0.05) is 11.6 Å². The van der Waals surface area contributed by atoms with Crippen LogP contribution in [0.25, 0.3) is 10.9 Å². The van der Waals surface area contributed by atoms with Crippen LogP contribution in [0.1, 0.15) is 21.6 Å². The zero-order valence-corrected chi connectivity index (χ0v) is 14.2. The number of hydrazine groups is 1. The van der Waals surface area contributed by atoms with Crippen LogP contribution in [0.4, 0.5) is 0 Å². The van der Waals surface area contributed by atoms with Gasteiger partial charge in [0.2, 0.25) is 0 Å². The molecule has 0 spiro atoms. The average molecular weight is 344 g/mol. The molecular weight excluding hydrogens is 326 g/mol. The molecule has 0 fully saturated rings. The highest BCUT2D eigenvalue weighted by Gasteiger charge is 2.20. The van der Waals surface area contributed by atoms with Gasteiger partial charge in [0.1, 0.15) is 5.75 Å². The lowest BCUT2D eigenvalue weighted by atomic mass is 10.1. The van der Waals surface area contributed by atoms with E-state index in [9.17, 15) is 4.79 Å².